The van der Waals surface area contributed by atoms with Gasteiger partial charge >= 0.3 is 0 Å². The van der Waals surface area contributed by atoms with Crippen LogP contribution >= 0.6 is 11.6 Å². The van der Waals surface area contributed by atoms with Gasteiger partial charge in [-0.2, -0.15) is 0 Å². The van der Waals surface area contributed by atoms with Crippen molar-refractivity contribution in [2.45, 2.75) is 12.8 Å². The minimum atomic E-state index is 0.00362. The summed E-state index contributed by atoms with van der Waals surface area (Å²) in [6, 6.07) is 13.4. The Hall–Kier alpha value is -2.33. The summed E-state index contributed by atoms with van der Waals surface area (Å²) in [6.45, 7) is 1.63. The van der Waals surface area contributed by atoms with Crippen molar-refractivity contribution in [2.75, 3.05) is 13.1 Å². The number of imidazole rings is 1. The van der Waals surface area contributed by atoms with Crippen molar-refractivity contribution >= 4 is 23.0 Å². The molecule has 1 fully saturated rings. The number of halogens is 1. The number of pyridine rings is 1. The second-order valence-electron chi connectivity index (χ2n) is 5.75. The lowest BCUT2D eigenvalue weighted by molar-refractivity contribution is 0.0780. The van der Waals surface area contributed by atoms with E-state index in [1.54, 1.807) is 0 Å². The van der Waals surface area contributed by atoms with Gasteiger partial charge in [-0.15, -0.1) is 0 Å². The van der Waals surface area contributed by atoms with Crippen LogP contribution in [0.4, 0.5) is 0 Å². The van der Waals surface area contributed by atoms with Crippen LogP contribution in [0.3, 0.4) is 0 Å². The van der Waals surface area contributed by atoms with Crippen molar-refractivity contribution in [1.82, 2.24) is 14.3 Å². The lowest BCUT2D eigenvalue weighted by atomic mass is 10.1. The number of carbonyl (C=O) groups excluding carboxylic acids is 1. The van der Waals surface area contributed by atoms with Crippen molar-refractivity contribution in [3.05, 3.63) is 59.5 Å². The summed E-state index contributed by atoms with van der Waals surface area (Å²) < 4.78 is 1.88. The monoisotopic (exact) mass is 325 g/mol. The third kappa shape index (κ3) is 2.49. The van der Waals surface area contributed by atoms with Gasteiger partial charge in [0.05, 0.1) is 11.2 Å². The van der Waals surface area contributed by atoms with Gasteiger partial charge in [0, 0.05) is 29.9 Å². The van der Waals surface area contributed by atoms with E-state index in [4.69, 9.17) is 11.6 Å². The van der Waals surface area contributed by atoms with Crippen LogP contribution < -0.4 is 0 Å². The fraction of sp³-hybridized carbons (Fsp3) is 0.222. The number of carbonyl (C=O) groups is 1. The number of amides is 1. The fourth-order valence-corrected chi connectivity index (χ4v) is 3.20. The molecule has 0 aliphatic carbocycles. The maximum absolute atomic E-state index is 12.8. The normalized spacial score (nSPS) is 14.6. The summed E-state index contributed by atoms with van der Waals surface area (Å²) in [5.74, 6) is 0.483. The summed E-state index contributed by atoms with van der Waals surface area (Å²) >= 11 is 5.97. The van der Waals surface area contributed by atoms with E-state index in [1.165, 1.54) is 0 Å². The van der Waals surface area contributed by atoms with Crippen LogP contribution in [0, 0.1) is 0 Å². The molecule has 0 radical (unpaired) electrons. The molecular formula is C18H16ClN3O. The quantitative estimate of drug-likeness (QED) is 0.717. The van der Waals surface area contributed by atoms with Crippen LogP contribution in [0.25, 0.3) is 16.8 Å². The largest absolute Gasteiger partial charge is 0.336 e. The van der Waals surface area contributed by atoms with Crippen LogP contribution in [0.5, 0.6) is 0 Å². The molecule has 3 aromatic rings. The zero-order chi connectivity index (χ0) is 15.8. The standard InChI is InChI=1S/C18H16ClN3O/c19-14-8-6-13(7-9-14)16-15-5-1-2-12-22(15)17(20-16)18(23)21-10-3-4-11-21/h1-2,5-9,12H,3-4,10-11H2. The smallest absolute Gasteiger partial charge is 0.290 e. The number of aromatic nitrogens is 2. The average molecular weight is 326 g/mol. The van der Waals surface area contributed by atoms with Crippen LogP contribution in [0.2, 0.25) is 5.02 Å². The first-order valence-electron chi connectivity index (χ1n) is 7.76. The minimum Gasteiger partial charge on any atom is -0.336 e. The number of likely N-dealkylation sites (tertiary alicyclic amines) is 1. The maximum atomic E-state index is 12.8. The molecule has 0 spiro atoms. The molecule has 1 aliphatic rings. The van der Waals surface area contributed by atoms with Gasteiger partial charge in [0.15, 0.2) is 0 Å². The second-order valence-corrected chi connectivity index (χ2v) is 6.18. The van der Waals surface area contributed by atoms with Gasteiger partial charge in [-0.05, 0) is 37.1 Å². The zero-order valence-electron chi connectivity index (χ0n) is 12.6. The number of nitrogens with zero attached hydrogens (tertiary/aromatic N) is 3. The summed E-state index contributed by atoms with van der Waals surface area (Å²) in [4.78, 5) is 19.3. The third-order valence-electron chi connectivity index (χ3n) is 4.25. The van der Waals surface area contributed by atoms with E-state index in [1.807, 2.05) is 58.0 Å². The van der Waals surface area contributed by atoms with E-state index in [-0.39, 0.29) is 5.91 Å². The summed E-state index contributed by atoms with van der Waals surface area (Å²) in [5, 5.41) is 0.686. The Morgan fingerprint density at radius 2 is 1.78 bits per heavy atom. The van der Waals surface area contributed by atoms with Crippen LogP contribution in [-0.2, 0) is 0 Å². The minimum absolute atomic E-state index is 0.00362. The molecule has 3 heterocycles. The Morgan fingerprint density at radius 1 is 1.04 bits per heavy atom. The van der Waals surface area contributed by atoms with Crippen LogP contribution in [0.15, 0.2) is 48.7 Å². The third-order valence-corrected chi connectivity index (χ3v) is 4.50. The van der Waals surface area contributed by atoms with E-state index >= 15 is 0 Å². The van der Waals surface area contributed by atoms with Crippen molar-refractivity contribution in [3.63, 3.8) is 0 Å². The molecule has 1 aromatic carbocycles. The molecule has 1 aliphatic heterocycles. The predicted octanol–water partition coefficient (Wildman–Crippen LogP) is 3.89. The molecule has 5 heteroatoms. The number of benzene rings is 1. The van der Waals surface area contributed by atoms with E-state index in [0.29, 0.717) is 10.8 Å². The average Bonchev–Trinajstić information content (AvgIpc) is 3.23. The van der Waals surface area contributed by atoms with Gasteiger partial charge < -0.3 is 4.90 Å². The lowest BCUT2D eigenvalue weighted by Gasteiger charge is -2.13. The van der Waals surface area contributed by atoms with Crippen molar-refractivity contribution in [1.29, 1.82) is 0 Å². The molecule has 2 aromatic heterocycles. The summed E-state index contributed by atoms with van der Waals surface area (Å²) in [7, 11) is 0. The predicted molar refractivity (Wildman–Crippen MR) is 90.8 cm³/mol. The molecule has 0 unspecified atom stereocenters. The van der Waals surface area contributed by atoms with Gasteiger partial charge in [0.25, 0.3) is 5.91 Å². The van der Waals surface area contributed by atoms with Crippen molar-refractivity contribution < 1.29 is 4.79 Å². The fourth-order valence-electron chi connectivity index (χ4n) is 3.07. The Bertz CT molecular complexity index is 864. The number of rotatable bonds is 2. The van der Waals surface area contributed by atoms with Gasteiger partial charge in [-0.25, -0.2) is 4.98 Å². The topological polar surface area (TPSA) is 37.6 Å². The van der Waals surface area contributed by atoms with Crippen molar-refractivity contribution in [2.24, 2.45) is 0 Å². The molecule has 0 saturated carbocycles. The van der Waals surface area contributed by atoms with Gasteiger partial charge in [-0.1, -0.05) is 29.8 Å². The Morgan fingerprint density at radius 3 is 2.52 bits per heavy atom. The second kappa shape index (κ2) is 5.70. The lowest BCUT2D eigenvalue weighted by Crippen LogP contribution is -2.29. The number of fused-ring (bicyclic) bond motifs is 1. The highest BCUT2D eigenvalue weighted by molar-refractivity contribution is 6.30. The zero-order valence-corrected chi connectivity index (χ0v) is 13.3. The summed E-state index contributed by atoms with van der Waals surface area (Å²) in [6.07, 6.45) is 4.03. The van der Waals surface area contributed by atoms with E-state index in [9.17, 15) is 4.79 Å². The SMILES string of the molecule is O=C(c1nc(-c2ccc(Cl)cc2)c2ccccn12)N1CCCC1. The molecule has 1 saturated heterocycles. The van der Waals surface area contributed by atoms with E-state index in [0.717, 1.165) is 42.7 Å². The van der Waals surface area contributed by atoms with Gasteiger partial charge in [0.2, 0.25) is 5.82 Å². The van der Waals surface area contributed by atoms with E-state index in [2.05, 4.69) is 4.98 Å². The number of hydrogen-bond donors (Lipinski definition) is 0. The van der Waals surface area contributed by atoms with Gasteiger partial charge in [-0.3, -0.25) is 9.20 Å². The highest BCUT2D eigenvalue weighted by Crippen LogP contribution is 2.27. The summed E-state index contributed by atoms with van der Waals surface area (Å²) in [5.41, 5.74) is 2.70. The van der Waals surface area contributed by atoms with Gasteiger partial charge in [0.1, 0.15) is 0 Å². The first-order valence-corrected chi connectivity index (χ1v) is 8.14. The highest BCUT2D eigenvalue weighted by Gasteiger charge is 2.25. The molecule has 0 atom stereocenters. The first-order chi connectivity index (χ1) is 11.2. The molecule has 0 N–H and O–H groups in total. The molecular weight excluding hydrogens is 310 g/mol. The van der Waals surface area contributed by atoms with Crippen LogP contribution in [0.1, 0.15) is 23.5 Å². The Balaban J connectivity index is 1.86. The number of hydrogen-bond acceptors (Lipinski definition) is 2. The van der Waals surface area contributed by atoms with Crippen molar-refractivity contribution in [3.8, 4) is 11.3 Å². The van der Waals surface area contributed by atoms with Crippen LogP contribution in [-0.4, -0.2) is 33.3 Å². The van der Waals surface area contributed by atoms with E-state index < -0.39 is 0 Å². The molecule has 1 amide bonds. The Labute approximate surface area is 139 Å². The molecule has 0 bridgehead atoms. The molecule has 4 rings (SSSR count). The molecule has 116 valence electrons. The molecule has 23 heavy (non-hydrogen) atoms. The first kappa shape index (κ1) is 14.3. The maximum Gasteiger partial charge on any atom is 0.290 e. The Kier molecular flexibility index (Phi) is 3.54. The molecule has 4 nitrogen and oxygen atoms in total. The highest BCUT2D eigenvalue weighted by atomic mass is 35.5.